The van der Waals surface area contributed by atoms with Crippen molar-refractivity contribution in [2.24, 2.45) is 0 Å². The third-order valence-corrected chi connectivity index (χ3v) is 4.45. The number of thioether (sulfide) groups is 1. The van der Waals surface area contributed by atoms with Crippen molar-refractivity contribution in [3.63, 3.8) is 0 Å². The zero-order chi connectivity index (χ0) is 17.1. The van der Waals surface area contributed by atoms with Crippen LogP contribution in [0.5, 0.6) is 5.75 Å². The van der Waals surface area contributed by atoms with Crippen LogP contribution in [-0.2, 0) is 0 Å². The topological polar surface area (TPSA) is 78.8 Å². The van der Waals surface area contributed by atoms with Gasteiger partial charge < -0.3 is 9.72 Å². The lowest BCUT2D eigenvalue weighted by atomic mass is 10.1. The van der Waals surface area contributed by atoms with Gasteiger partial charge in [0.1, 0.15) is 23.1 Å². The van der Waals surface area contributed by atoms with Crippen LogP contribution in [0.15, 0.2) is 31.0 Å². The molecule has 0 fully saturated rings. The highest BCUT2D eigenvalue weighted by molar-refractivity contribution is 9.11. The fourth-order valence-electron chi connectivity index (χ4n) is 1.94. The molecule has 1 heterocycles. The van der Waals surface area contributed by atoms with Crippen LogP contribution in [0.2, 0.25) is 0 Å². The number of hydrogen-bond donors (Lipinski definition) is 1. The molecule has 0 saturated carbocycles. The van der Waals surface area contributed by atoms with Crippen LogP contribution in [0, 0.1) is 11.3 Å². The molecule has 0 radical (unpaired) electrons. The van der Waals surface area contributed by atoms with Crippen molar-refractivity contribution < 1.29 is 4.74 Å². The Morgan fingerprint density at radius 1 is 1.39 bits per heavy atom. The molecule has 0 saturated heterocycles. The summed E-state index contributed by atoms with van der Waals surface area (Å²) >= 11 is 8.19. The number of nitrogens with zero attached hydrogens (tertiary/aromatic N) is 2. The van der Waals surface area contributed by atoms with Gasteiger partial charge in [0, 0.05) is 10.0 Å². The first-order valence-electron chi connectivity index (χ1n) is 6.61. The van der Waals surface area contributed by atoms with E-state index in [1.807, 2.05) is 26.0 Å². The molecule has 0 aliphatic heterocycles. The van der Waals surface area contributed by atoms with Crippen molar-refractivity contribution in [2.75, 3.05) is 6.26 Å². The van der Waals surface area contributed by atoms with Crippen molar-refractivity contribution >= 4 is 43.6 Å². The van der Waals surface area contributed by atoms with Gasteiger partial charge in [0.25, 0.3) is 5.56 Å². The minimum absolute atomic E-state index is 0.0404. The van der Waals surface area contributed by atoms with Gasteiger partial charge in [-0.3, -0.25) is 4.79 Å². The van der Waals surface area contributed by atoms with E-state index in [0.29, 0.717) is 26.6 Å². The molecule has 0 aliphatic rings. The third-order valence-electron chi connectivity index (χ3n) is 2.82. The van der Waals surface area contributed by atoms with Gasteiger partial charge >= 0.3 is 0 Å². The van der Waals surface area contributed by atoms with E-state index in [-0.39, 0.29) is 11.7 Å². The summed E-state index contributed by atoms with van der Waals surface area (Å²) in [5, 5.41) is 9.79. The van der Waals surface area contributed by atoms with Gasteiger partial charge in [0.2, 0.25) is 0 Å². The van der Waals surface area contributed by atoms with Crippen molar-refractivity contribution in [1.82, 2.24) is 9.97 Å². The lowest BCUT2D eigenvalue weighted by molar-refractivity contribution is 0.242. The molecule has 8 heteroatoms. The van der Waals surface area contributed by atoms with E-state index in [1.54, 1.807) is 12.3 Å². The average molecular weight is 459 g/mol. The first-order valence-corrected chi connectivity index (χ1v) is 9.43. The van der Waals surface area contributed by atoms with E-state index in [9.17, 15) is 10.1 Å². The number of rotatable bonds is 4. The fraction of sp³-hybridized carbons (Fsp3) is 0.267. The summed E-state index contributed by atoms with van der Waals surface area (Å²) in [6.45, 7) is 3.81. The first kappa shape index (κ1) is 18.0. The van der Waals surface area contributed by atoms with E-state index < -0.39 is 5.56 Å². The minimum atomic E-state index is -0.464. The van der Waals surface area contributed by atoms with E-state index in [0.717, 1.165) is 4.47 Å². The number of aromatic amines is 1. The van der Waals surface area contributed by atoms with Crippen molar-refractivity contribution in [3.8, 4) is 23.1 Å². The molecule has 5 nitrogen and oxygen atoms in total. The molecule has 1 aromatic carbocycles. The maximum atomic E-state index is 12.1. The zero-order valence-corrected chi connectivity index (χ0v) is 16.6. The van der Waals surface area contributed by atoms with Crippen LogP contribution >= 0.6 is 43.6 Å². The number of H-pyrrole nitrogens is 1. The molecule has 1 aromatic heterocycles. The van der Waals surface area contributed by atoms with Crippen molar-refractivity contribution in [2.45, 2.75) is 25.1 Å². The second-order valence-corrected chi connectivity index (χ2v) is 7.41. The molecule has 0 amide bonds. The average Bonchev–Trinajstić information content (AvgIpc) is 2.48. The number of ether oxygens (including phenoxy) is 1. The number of nitrogens with one attached hydrogen (secondary N) is 1. The van der Waals surface area contributed by atoms with Crippen LogP contribution in [0.3, 0.4) is 0 Å². The minimum Gasteiger partial charge on any atom is -0.489 e. The summed E-state index contributed by atoms with van der Waals surface area (Å²) < 4.78 is 7.36. The summed E-state index contributed by atoms with van der Waals surface area (Å²) in [6, 6.07) is 5.56. The van der Waals surface area contributed by atoms with Crippen LogP contribution in [0.1, 0.15) is 19.4 Å². The largest absolute Gasteiger partial charge is 0.489 e. The molecule has 23 heavy (non-hydrogen) atoms. The third kappa shape index (κ3) is 3.97. The number of hydrogen-bond acceptors (Lipinski definition) is 5. The fourth-order valence-corrected chi connectivity index (χ4v) is 3.64. The second-order valence-electron chi connectivity index (χ2n) is 4.84. The first-order chi connectivity index (χ1) is 10.9. The van der Waals surface area contributed by atoms with Crippen LogP contribution in [-0.4, -0.2) is 22.3 Å². The Morgan fingerprint density at radius 2 is 2.09 bits per heavy atom. The van der Waals surface area contributed by atoms with Gasteiger partial charge in [0.05, 0.1) is 10.6 Å². The summed E-state index contributed by atoms with van der Waals surface area (Å²) in [7, 11) is 0. The Kier molecular flexibility index (Phi) is 5.89. The van der Waals surface area contributed by atoms with Crippen molar-refractivity contribution in [1.29, 1.82) is 5.26 Å². The molecule has 0 atom stereocenters. The maximum Gasteiger partial charge on any atom is 0.270 e. The molecule has 1 N–H and O–H groups in total. The predicted molar refractivity (Wildman–Crippen MR) is 98.0 cm³/mol. The molecule has 2 aromatic rings. The van der Waals surface area contributed by atoms with Gasteiger partial charge in [-0.2, -0.15) is 5.26 Å². The molecular weight excluding hydrogens is 446 g/mol. The van der Waals surface area contributed by atoms with Crippen LogP contribution < -0.4 is 10.3 Å². The molecule has 2 rings (SSSR count). The smallest absolute Gasteiger partial charge is 0.270 e. The molecule has 0 spiro atoms. The monoisotopic (exact) mass is 457 g/mol. The van der Waals surface area contributed by atoms with E-state index in [1.165, 1.54) is 11.8 Å². The van der Waals surface area contributed by atoms with Crippen molar-refractivity contribution in [3.05, 3.63) is 37.0 Å². The van der Waals surface area contributed by atoms with Gasteiger partial charge in [-0.1, -0.05) is 27.7 Å². The standard InChI is InChI=1S/C15H13Br2N3O2S/c1-7(2)22-13-9(4-8(16)5-11(13)17)12-10(6-18)14(21)20-15(19-12)23-3/h4-5,7H,1-3H3,(H,19,20,21). The summed E-state index contributed by atoms with van der Waals surface area (Å²) in [5.41, 5.74) is 0.381. The molecule has 0 aliphatic carbocycles. The quantitative estimate of drug-likeness (QED) is 0.544. The van der Waals surface area contributed by atoms with Crippen LogP contribution in [0.25, 0.3) is 11.3 Å². The van der Waals surface area contributed by atoms with Crippen LogP contribution in [0.4, 0.5) is 0 Å². The highest BCUT2D eigenvalue weighted by atomic mass is 79.9. The number of benzene rings is 1. The summed E-state index contributed by atoms with van der Waals surface area (Å²) in [4.78, 5) is 19.1. The number of halogens is 2. The lowest BCUT2D eigenvalue weighted by Gasteiger charge is -2.17. The van der Waals surface area contributed by atoms with E-state index in [4.69, 9.17) is 4.74 Å². The summed E-state index contributed by atoms with van der Waals surface area (Å²) in [5.74, 6) is 0.546. The Morgan fingerprint density at radius 3 is 2.65 bits per heavy atom. The molecular formula is C15H13Br2N3O2S. The Labute approximate surface area is 154 Å². The number of nitriles is 1. The maximum absolute atomic E-state index is 12.1. The Balaban J connectivity index is 2.83. The highest BCUT2D eigenvalue weighted by Gasteiger charge is 2.20. The Bertz CT molecular complexity index is 844. The zero-order valence-electron chi connectivity index (χ0n) is 12.6. The van der Waals surface area contributed by atoms with Gasteiger partial charge in [0.15, 0.2) is 5.16 Å². The SMILES string of the molecule is CSc1nc(-c2cc(Br)cc(Br)c2OC(C)C)c(C#N)c(=O)[nH]1. The van der Waals surface area contributed by atoms with E-state index in [2.05, 4.69) is 41.8 Å². The molecule has 120 valence electrons. The predicted octanol–water partition coefficient (Wildman–Crippen LogP) is 4.34. The van der Waals surface area contributed by atoms with Gasteiger partial charge in [-0.15, -0.1) is 0 Å². The highest BCUT2D eigenvalue weighted by Crippen LogP contribution is 2.40. The molecule has 0 unspecified atom stereocenters. The summed E-state index contributed by atoms with van der Waals surface area (Å²) in [6.07, 6.45) is 1.73. The number of aromatic nitrogens is 2. The normalized spacial score (nSPS) is 10.7. The molecule has 0 bridgehead atoms. The lowest BCUT2D eigenvalue weighted by Crippen LogP contribution is -2.15. The van der Waals surface area contributed by atoms with Gasteiger partial charge in [-0.25, -0.2) is 4.98 Å². The Hall–Kier alpha value is -1.30. The van der Waals surface area contributed by atoms with Gasteiger partial charge in [-0.05, 0) is 48.2 Å². The van der Waals surface area contributed by atoms with E-state index >= 15 is 0 Å². The second kappa shape index (κ2) is 7.51.